The van der Waals surface area contributed by atoms with E-state index in [0.29, 0.717) is 59.2 Å². The lowest BCUT2D eigenvalue weighted by Gasteiger charge is -2.35. The molecule has 1 unspecified atom stereocenters. The number of rotatable bonds is 21. The number of carbonyl (C=O) groups is 5. The van der Waals surface area contributed by atoms with Crippen LogP contribution in [0, 0.1) is 23.7 Å². The molecule has 2 aromatic rings. The molecule has 4 aliphatic carbocycles. The number of ketones is 1. The van der Waals surface area contributed by atoms with Crippen LogP contribution in [0.1, 0.15) is 144 Å². The molecular formula is C53H80N5O9+. The smallest absolute Gasteiger partial charge is 0.407 e. The average molecular weight is 931 g/mol. The van der Waals surface area contributed by atoms with E-state index in [1.54, 1.807) is 14.0 Å². The Hall–Kier alpha value is -4.69. The van der Waals surface area contributed by atoms with E-state index in [-0.39, 0.29) is 49.1 Å². The molecule has 0 radical (unpaired) electrons. The van der Waals surface area contributed by atoms with Crippen molar-refractivity contribution in [2.24, 2.45) is 23.7 Å². The van der Waals surface area contributed by atoms with Crippen LogP contribution in [0.3, 0.4) is 0 Å². The van der Waals surface area contributed by atoms with Gasteiger partial charge in [0.05, 0.1) is 13.7 Å². The highest BCUT2D eigenvalue weighted by Crippen LogP contribution is 2.37. The van der Waals surface area contributed by atoms with Crippen LogP contribution in [0.4, 0.5) is 14.4 Å². The van der Waals surface area contributed by atoms with Crippen LogP contribution in [0.5, 0.6) is 0 Å². The van der Waals surface area contributed by atoms with Gasteiger partial charge in [-0.3, -0.25) is 9.59 Å². The molecule has 4 saturated carbocycles. The van der Waals surface area contributed by atoms with Crippen molar-refractivity contribution < 1.29 is 47.4 Å². The number of amides is 4. The Morgan fingerprint density at radius 2 is 0.866 bits per heavy atom. The monoisotopic (exact) mass is 931 g/mol. The molecule has 67 heavy (non-hydrogen) atoms. The number of likely N-dealkylation sites (N-methyl/N-ethyl adjacent to an activating group) is 1. The van der Waals surface area contributed by atoms with Gasteiger partial charge in [-0.25, -0.2) is 14.4 Å². The van der Waals surface area contributed by atoms with Gasteiger partial charge in [0.1, 0.15) is 39.5 Å². The zero-order chi connectivity index (χ0) is 47.4. The lowest BCUT2D eigenvalue weighted by Crippen LogP contribution is -2.48. The molecular weight excluding hydrogens is 851 g/mol. The van der Waals surface area contributed by atoms with Crippen LogP contribution in [-0.4, -0.2) is 112 Å². The lowest BCUT2D eigenvalue weighted by molar-refractivity contribution is -0.923. The van der Waals surface area contributed by atoms with Crippen LogP contribution < -0.4 is 21.3 Å². The van der Waals surface area contributed by atoms with E-state index in [1.165, 1.54) is 25.7 Å². The second-order valence-electron chi connectivity index (χ2n) is 20.5. The molecule has 14 nitrogen and oxygen atoms in total. The summed E-state index contributed by atoms with van der Waals surface area (Å²) in [5, 5.41) is 12.2. The summed E-state index contributed by atoms with van der Waals surface area (Å²) in [5.74, 6) is 2.79. The van der Waals surface area contributed by atoms with Gasteiger partial charge in [-0.2, -0.15) is 0 Å². The molecule has 6 rings (SSSR count). The fraction of sp³-hybridized carbons (Fsp3) is 0.679. The standard InChI is InChI=1S/C53H79N5O9/c1-38(59)54-46-21-11-39(12-22-46)35-40-15-25-48(26-16-40)56-52(62)66-33-34-67-53(63)57-49-27-17-42(18-28-49)36-41-13-23-47(24-14-41)55-51(61)65-32-30-58(2,29-31-64-3)37-43-9-19-45(20-10-43)50(60)44-7-5-4-6-8-44/h4-10,19-20,39-42,46-49H,11-18,21-37H2,1-3H3,(H3-,54,55,56,57,59,61,62,63)/p+1. The maximum Gasteiger partial charge on any atom is 0.407 e. The first kappa shape index (κ1) is 51.7. The predicted molar refractivity (Wildman–Crippen MR) is 257 cm³/mol. The van der Waals surface area contributed by atoms with Gasteiger partial charge in [0.2, 0.25) is 5.91 Å². The summed E-state index contributed by atoms with van der Waals surface area (Å²) in [6.45, 7) is 4.62. The van der Waals surface area contributed by atoms with Gasteiger partial charge in [-0.1, -0.05) is 54.6 Å². The SMILES string of the molecule is COCC[N+](C)(CCOC(=O)NC1CCC(CC2CCC(NC(=O)OCCOC(=O)NC3CCC(CC4CCC(NC(C)=O)CC4)CC3)CC2)CC1)Cc1ccc(C(=O)c2ccccc2)cc1. The van der Waals surface area contributed by atoms with Gasteiger partial charge >= 0.3 is 18.3 Å². The Kier molecular flexibility index (Phi) is 20.6. The summed E-state index contributed by atoms with van der Waals surface area (Å²) in [6, 6.07) is 17.8. The third kappa shape index (κ3) is 18.0. The Morgan fingerprint density at radius 1 is 0.493 bits per heavy atom. The number of nitrogens with zero attached hydrogens (tertiary/aromatic N) is 1. The van der Waals surface area contributed by atoms with E-state index in [9.17, 15) is 24.0 Å². The molecule has 2 aromatic carbocycles. The summed E-state index contributed by atoms with van der Waals surface area (Å²) in [6.07, 6.45) is 17.9. The summed E-state index contributed by atoms with van der Waals surface area (Å²) in [4.78, 5) is 62.1. The fourth-order valence-corrected chi connectivity index (χ4v) is 11.2. The number of alkyl carbamates (subject to hydrolysis) is 3. The second-order valence-corrected chi connectivity index (χ2v) is 20.5. The number of benzene rings is 2. The number of nitrogens with one attached hydrogen (secondary N) is 4. The average Bonchev–Trinajstić information content (AvgIpc) is 3.32. The molecule has 0 aromatic heterocycles. The second kappa shape index (κ2) is 26.7. The van der Waals surface area contributed by atoms with Crippen molar-refractivity contribution in [2.75, 3.05) is 53.7 Å². The van der Waals surface area contributed by atoms with E-state index in [0.717, 1.165) is 114 Å². The largest absolute Gasteiger partial charge is 0.446 e. The van der Waals surface area contributed by atoms with Gasteiger partial charge < -0.3 is 44.7 Å². The number of quaternary nitrogens is 1. The first-order valence-corrected chi connectivity index (χ1v) is 25.5. The highest BCUT2D eigenvalue weighted by atomic mass is 16.6. The molecule has 4 fully saturated rings. The maximum absolute atomic E-state index is 12.9. The summed E-state index contributed by atoms with van der Waals surface area (Å²) in [7, 11) is 3.83. The molecule has 0 heterocycles. The molecule has 4 aliphatic rings. The molecule has 0 bridgehead atoms. The molecule has 0 saturated heterocycles. The minimum atomic E-state index is -0.460. The quantitative estimate of drug-likeness (QED) is 0.0414. The van der Waals surface area contributed by atoms with E-state index in [4.69, 9.17) is 18.9 Å². The first-order valence-electron chi connectivity index (χ1n) is 25.5. The summed E-state index contributed by atoms with van der Waals surface area (Å²) in [5.41, 5.74) is 2.43. The molecule has 14 heteroatoms. The Morgan fingerprint density at radius 3 is 1.27 bits per heavy atom. The number of ether oxygens (including phenoxy) is 4. The van der Waals surface area contributed by atoms with E-state index < -0.39 is 12.2 Å². The molecule has 370 valence electrons. The van der Waals surface area contributed by atoms with Crippen molar-refractivity contribution in [1.82, 2.24) is 21.3 Å². The highest BCUT2D eigenvalue weighted by Gasteiger charge is 2.31. The molecule has 4 amide bonds. The molecule has 0 aliphatic heterocycles. The van der Waals surface area contributed by atoms with Crippen LogP contribution in [0.2, 0.25) is 0 Å². The van der Waals surface area contributed by atoms with Crippen LogP contribution in [0.25, 0.3) is 0 Å². The van der Waals surface area contributed by atoms with Crippen molar-refractivity contribution in [3.63, 3.8) is 0 Å². The van der Waals surface area contributed by atoms with Crippen LogP contribution in [-0.2, 0) is 30.3 Å². The Balaban J connectivity index is 0.767. The third-order valence-corrected chi connectivity index (χ3v) is 15.2. The van der Waals surface area contributed by atoms with Gasteiger partial charge in [0, 0.05) is 54.9 Å². The van der Waals surface area contributed by atoms with Crippen molar-refractivity contribution in [2.45, 2.75) is 153 Å². The number of methoxy groups -OCH3 is 1. The van der Waals surface area contributed by atoms with Crippen molar-refractivity contribution in [1.29, 1.82) is 0 Å². The normalized spacial score (nSPS) is 26.2. The van der Waals surface area contributed by atoms with Gasteiger partial charge in [0.25, 0.3) is 0 Å². The van der Waals surface area contributed by atoms with Crippen molar-refractivity contribution >= 4 is 30.0 Å². The molecule has 4 N–H and O–H groups in total. The Bertz CT molecular complexity index is 1830. The molecule has 0 spiro atoms. The topological polar surface area (TPSA) is 170 Å². The third-order valence-electron chi connectivity index (χ3n) is 15.2. The molecule has 1 atom stereocenters. The summed E-state index contributed by atoms with van der Waals surface area (Å²) < 4.78 is 22.4. The van der Waals surface area contributed by atoms with Crippen molar-refractivity contribution in [3.8, 4) is 0 Å². The number of hydrogen-bond donors (Lipinski definition) is 4. The van der Waals surface area contributed by atoms with E-state index in [1.807, 2.05) is 54.6 Å². The van der Waals surface area contributed by atoms with Crippen LogP contribution >= 0.6 is 0 Å². The van der Waals surface area contributed by atoms with Crippen LogP contribution in [0.15, 0.2) is 54.6 Å². The first-order chi connectivity index (χ1) is 32.4. The zero-order valence-corrected chi connectivity index (χ0v) is 40.6. The van der Waals surface area contributed by atoms with E-state index >= 15 is 0 Å². The van der Waals surface area contributed by atoms with Gasteiger partial charge in [-0.15, -0.1) is 0 Å². The number of carbonyl (C=O) groups excluding carboxylic acids is 5. The highest BCUT2D eigenvalue weighted by molar-refractivity contribution is 6.08. The minimum Gasteiger partial charge on any atom is -0.446 e. The maximum atomic E-state index is 12.9. The minimum absolute atomic E-state index is 0.00407. The number of hydrogen-bond acceptors (Lipinski definition) is 9. The van der Waals surface area contributed by atoms with Crippen molar-refractivity contribution in [3.05, 3.63) is 71.3 Å². The Labute approximate surface area is 399 Å². The summed E-state index contributed by atoms with van der Waals surface area (Å²) >= 11 is 0. The van der Waals surface area contributed by atoms with E-state index in [2.05, 4.69) is 28.3 Å². The zero-order valence-electron chi connectivity index (χ0n) is 40.6. The lowest BCUT2D eigenvalue weighted by atomic mass is 9.75. The van der Waals surface area contributed by atoms with Gasteiger partial charge in [-0.05, 0) is 139 Å². The van der Waals surface area contributed by atoms with Gasteiger partial charge in [0.15, 0.2) is 5.78 Å². The predicted octanol–water partition coefficient (Wildman–Crippen LogP) is 8.84. The fourth-order valence-electron chi connectivity index (χ4n) is 11.2.